The van der Waals surface area contributed by atoms with E-state index in [4.69, 9.17) is 16.0 Å². The van der Waals surface area contributed by atoms with Crippen LogP contribution in [0.1, 0.15) is 32.4 Å². The Bertz CT molecular complexity index is 444. The number of rotatable bonds is 4. The molecule has 1 aromatic rings. The van der Waals surface area contributed by atoms with Crippen LogP contribution in [0, 0.1) is 5.82 Å². The lowest BCUT2D eigenvalue weighted by molar-refractivity contribution is 0.103. The van der Waals surface area contributed by atoms with Crippen molar-refractivity contribution in [1.29, 1.82) is 0 Å². The fourth-order valence-electron chi connectivity index (χ4n) is 1.46. The van der Waals surface area contributed by atoms with Gasteiger partial charge >= 0.3 is 0 Å². The Morgan fingerprint density at radius 2 is 1.95 bits per heavy atom. The van der Waals surface area contributed by atoms with E-state index in [-0.39, 0.29) is 16.7 Å². The molecule has 2 nitrogen and oxygen atoms in total. The lowest BCUT2D eigenvalue weighted by Gasteiger charge is -2.39. The quantitative estimate of drug-likeness (QED) is 0.828. The van der Waals surface area contributed by atoms with Gasteiger partial charge in [0.2, 0.25) is 0 Å². The Kier molecular flexibility index (Phi) is 5.18. The van der Waals surface area contributed by atoms with E-state index in [0.29, 0.717) is 5.56 Å². The topological polar surface area (TPSA) is 29.5 Å². The van der Waals surface area contributed by atoms with Crippen molar-refractivity contribution < 1.29 is 13.9 Å². The molecule has 5 heteroatoms. The Morgan fingerprint density at radius 1 is 1.37 bits per heavy atom. The summed E-state index contributed by atoms with van der Waals surface area (Å²) in [7, 11) is -2.02. The second-order valence-electron chi connectivity index (χ2n) is 6.22. The molecule has 0 spiro atoms. The van der Waals surface area contributed by atoms with Crippen molar-refractivity contribution in [2.75, 3.05) is 6.61 Å². The summed E-state index contributed by atoms with van der Waals surface area (Å²) >= 11 is 5.66. The summed E-state index contributed by atoms with van der Waals surface area (Å²) in [6.07, 6.45) is -0.507. The van der Waals surface area contributed by atoms with Crippen LogP contribution in [0.3, 0.4) is 0 Å². The van der Waals surface area contributed by atoms with Gasteiger partial charge in [0.25, 0.3) is 0 Å². The Hall–Kier alpha value is -0.423. The number of aliphatic hydroxyl groups is 1. The van der Waals surface area contributed by atoms with Gasteiger partial charge in [-0.3, -0.25) is 0 Å². The molecule has 19 heavy (non-hydrogen) atoms. The molecule has 0 aliphatic heterocycles. The lowest BCUT2D eigenvalue weighted by Crippen LogP contribution is -2.42. The molecular formula is C14H22ClFO2Si. The van der Waals surface area contributed by atoms with Crippen LogP contribution in [0.25, 0.3) is 0 Å². The SMILES string of the molecule is CC(C)(C)[Si](C)(C)OC(CO)c1ccc(Cl)c(F)c1. The van der Waals surface area contributed by atoms with Crippen LogP contribution in [0.2, 0.25) is 23.2 Å². The summed E-state index contributed by atoms with van der Waals surface area (Å²) in [6.45, 7) is 10.4. The first-order valence-corrected chi connectivity index (χ1v) is 9.61. The first-order valence-electron chi connectivity index (χ1n) is 6.32. The molecule has 1 atom stereocenters. The van der Waals surface area contributed by atoms with Crippen molar-refractivity contribution in [3.63, 3.8) is 0 Å². The van der Waals surface area contributed by atoms with Gasteiger partial charge in [-0.05, 0) is 35.8 Å². The minimum atomic E-state index is -2.02. The Balaban J connectivity index is 2.99. The summed E-state index contributed by atoms with van der Waals surface area (Å²) in [5.74, 6) is -0.489. The van der Waals surface area contributed by atoms with E-state index in [1.807, 2.05) is 0 Å². The maximum Gasteiger partial charge on any atom is 0.193 e. The van der Waals surface area contributed by atoms with Crippen LogP contribution in [0.4, 0.5) is 4.39 Å². The van der Waals surface area contributed by atoms with Gasteiger partial charge in [-0.1, -0.05) is 38.4 Å². The minimum absolute atomic E-state index is 0.0331. The average molecular weight is 305 g/mol. The van der Waals surface area contributed by atoms with Gasteiger partial charge in [0, 0.05) is 0 Å². The van der Waals surface area contributed by atoms with E-state index >= 15 is 0 Å². The molecule has 0 saturated heterocycles. The molecule has 0 saturated carbocycles. The zero-order valence-corrected chi connectivity index (χ0v) is 13.9. The molecule has 0 radical (unpaired) electrons. The highest BCUT2D eigenvalue weighted by atomic mass is 35.5. The maximum absolute atomic E-state index is 13.5. The van der Waals surface area contributed by atoms with Crippen LogP contribution < -0.4 is 0 Å². The second kappa shape index (κ2) is 5.91. The molecule has 1 unspecified atom stereocenters. The highest BCUT2D eigenvalue weighted by molar-refractivity contribution is 6.74. The van der Waals surface area contributed by atoms with E-state index in [9.17, 15) is 9.50 Å². The Labute approximate surface area is 120 Å². The van der Waals surface area contributed by atoms with Crippen LogP contribution >= 0.6 is 11.6 Å². The summed E-state index contributed by atoms with van der Waals surface area (Å²) in [6, 6.07) is 4.51. The molecule has 1 rings (SSSR count). The van der Waals surface area contributed by atoms with Gasteiger partial charge in [-0.2, -0.15) is 0 Å². The molecule has 108 valence electrons. The normalized spacial score (nSPS) is 14.5. The van der Waals surface area contributed by atoms with Crippen molar-refractivity contribution in [2.45, 2.75) is 45.0 Å². The zero-order valence-electron chi connectivity index (χ0n) is 12.1. The Morgan fingerprint density at radius 3 is 2.37 bits per heavy atom. The molecule has 1 N–H and O–H groups in total. The van der Waals surface area contributed by atoms with E-state index in [1.165, 1.54) is 12.1 Å². The predicted octanol–water partition coefficient (Wildman–Crippen LogP) is 4.53. The molecule has 0 bridgehead atoms. The second-order valence-corrected chi connectivity index (χ2v) is 11.4. The summed E-state index contributed by atoms with van der Waals surface area (Å²) in [5.41, 5.74) is 0.620. The monoisotopic (exact) mass is 304 g/mol. The molecule has 0 aliphatic carbocycles. The first kappa shape index (κ1) is 16.6. The first-order chi connectivity index (χ1) is 8.58. The molecule has 0 heterocycles. The van der Waals surface area contributed by atoms with E-state index in [0.717, 1.165) is 0 Å². The minimum Gasteiger partial charge on any atom is -0.408 e. The number of hydrogen-bond donors (Lipinski definition) is 1. The molecule has 0 amide bonds. The smallest absolute Gasteiger partial charge is 0.193 e. The number of halogens is 2. The fraction of sp³-hybridized carbons (Fsp3) is 0.571. The third-order valence-electron chi connectivity index (χ3n) is 3.72. The van der Waals surface area contributed by atoms with Crippen molar-refractivity contribution in [3.05, 3.63) is 34.6 Å². The number of hydrogen-bond acceptors (Lipinski definition) is 2. The van der Waals surface area contributed by atoms with Crippen molar-refractivity contribution >= 4 is 19.9 Å². The van der Waals surface area contributed by atoms with Crippen LogP contribution in [0.5, 0.6) is 0 Å². The highest BCUT2D eigenvalue weighted by Crippen LogP contribution is 2.39. The lowest BCUT2D eigenvalue weighted by atomic mass is 10.1. The molecule has 1 aromatic carbocycles. The van der Waals surface area contributed by atoms with E-state index in [1.54, 1.807) is 6.07 Å². The van der Waals surface area contributed by atoms with Crippen LogP contribution in [-0.4, -0.2) is 20.0 Å². The van der Waals surface area contributed by atoms with Crippen LogP contribution in [-0.2, 0) is 4.43 Å². The highest BCUT2D eigenvalue weighted by Gasteiger charge is 2.39. The van der Waals surface area contributed by atoms with Gasteiger partial charge in [0.15, 0.2) is 8.32 Å². The third-order valence-corrected chi connectivity index (χ3v) is 8.52. The standard InChI is InChI=1S/C14H22ClFO2Si/c1-14(2,3)19(4,5)18-13(9-17)10-6-7-11(15)12(16)8-10/h6-8,13,17H,9H2,1-5H3. The van der Waals surface area contributed by atoms with E-state index < -0.39 is 20.2 Å². The maximum atomic E-state index is 13.5. The van der Waals surface area contributed by atoms with Gasteiger partial charge < -0.3 is 9.53 Å². The number of aliphatic hydroxyl groups excluding tert-OH is 1. The van der Waals surface area contributed by atoms with Crippen molar-refractivity contribution in [3.8, 4) is 0 Å². The third kappa shape index (κ3) is 4.02. The molecule has 0 aromatic heterocycles. The van der Waals surface area contributed by atoms with Gasteiger partial charge in [0.1, 0.15) is 5.82 Å². The summed E-state index contributed by atoms with van der Waals surface area (Å²) in [4.78, 5) is 0. The summed E-state index contributed by atoms with van der Waals surface area (Å²) < 4.78 is 19.6. The van der Waals surface area contributed by atoms with Gasteiger partial charge in [-0.15, -0.1) is 0 Å². The number of benzene rings is 1. The molecule has 0 fully saturated rings. The predicted molar refractivity (Wildman–Crippen MR) is 79.5 cm³/mol. The molecule has 0 aliphatic rings. The fourth-order valence-corrected chi connectivity index (χ4v) is 2.85. The van der Waals surface area contributed by atoms with Crippen LogP contribution in [0.15, 0.2) is 18.2 Å². The van der Waals surface area contributed by atoms with Crippen molar-refractivity contribution in [2.24, 2.45) is 0 Å². The zero-order chi connectivity index (χ0) is 14.8. The van der Waals surface area contributed by atoms with Gasteiger partial charge in [0.05, 0.1) is 17.7 Å². The summed E-state index contributed by atoms with van der Waals surface area (Å²) in [5, 5.41) is 9.62. The van der Waals surface area contributed by atoms with Gasteiger partial charge in [-0.25, -0.2) is 4.39 Å². The van der Waals surface area contributed by atoms with E-state index in [2.05, 4.69) is 33.9 Å². The largest absolute Gasteiger partial charge is 0.408 e. The molecular weight excluding hydrogens is 283 g/mol. The van der Waals surface area contributed by atoms with Crippen molar-refractivity contribution in [1.82, 2.24) is 0 Å². The average Bonchev–Trinajstić information content (AvgIpc) is 2.28.